The van der Waals surface area contributed by atoms with Crippen molar-refractivity contribution >= 4 is 0 Å². The summed E-state index contributed by atoms with van der Waals surface area (Å²) in [5, 5.41) is 9.62. The van der Waals surface area contributed by atoms with Crippen molar-refractivity contribution in [2.24, 2.45) is 5.41 Å². The first kappa shape index (κ1) is 22.5. The van der Waals surface area contributed by atoms with Gasteiger partial charge >= 0.3 is 6.18 Å². The molecule has 0 spiro atoms. The molecule has 0 amide bonds. The van der Waals surface area contributed by atoms with Crippen molar-refractivity contribution in [3.8, 4) is 0 Å². The predicted molar refractivity (Wildman–Crippen MR) is 106 cm³/mol. The van der Waals surface area contributed by atoms with Gasteiger partial charge in [-0.2, -0.15) is 13.2 Å². The van der Waals surface area contributed by atoms with E-state index in [1.807, 2.05) is 0 Å². The highest BCUT2D eigenvalue weighted by atomic mass is 19.4. The summed E-state index contributed by atoms with van der Waals surface area (Å²) in [5.41, 5.74) is 0.325. The second kappa shape index (κ2) is 8.88. The molecule has 4 unspecified atom stereocenters. The predicted octanol–water partition coefficient (Wildman–Crippen LogP) is 4.01. The third-order valence-electron chi connectivity index (χ3n) is 5.77. The minimum absolute atomic E-state index is 0.0821. The van der Waals surface area contributed by atoms with Crippen LogP contribution in [0.15, 0.2) is 24.3 Å². The van der Waals surface area contributed by atoms with E-state index in [1.54, 1.807) is 0 Å². The topological polar surface area (TPSA) is 39.3 Å². The molecular weight excluding hydrogens is 384 g/mol. The number of hydrogen-bond acceptors (Lipinski definition) is 4. The Balaban J connectivity index is 1.66. The van der Waals surface area contributed by atoms with E-state index < -0.39 is 30.2 Å². The number of halogens is 4. The molecule has 164 valence electrons. The molecule has 29 heavy (non-hydrogen) atoms. The van der Waals surface area contributed by atoms with Crippen LogP contribution in [0.1, 0.15) is 57.2 Å². The Morgan fingerprint density at radius 3 is 2.41 bits per heavy atom. The third kappa shape index (κ3) is 5.69. The summed E-state index contributed by atoms with van der Waals surface area (Å²) in [6.07, 6.45) is -3.79. The first-order valence-electron chi connectivity index (χ1n) is 10.3. The molecule has 0 aliphatic carbocycles. The van der Waals surface area contributed by atoms with Crippen LogP contribution in [0.25, 0.3) is 0 Å². The zero-order valence-electron chi connectivity index (χ0n) is 17.3. The van der Waals surface area contributed by atoms with Crippen molar-refractivity contribution in [3.05, 3.63) is 35.4 Å². The molecule has 4 nitrogen and oxygen atoms in total. The van der Waals surface area contributed by atoms with Gasteiger partial charge in [-0.05, 0) is 48.9 Å². The maximum Gasteiger partial charge on any atom is 0.416 e. The van der Waals surface area contributed by atoms with E-state index in [1.165, 1.54) is 12.1 Å². The standard InChI is InChI=1S/C21H32F4N4/c1-20(2,3)10-11-26-18-17(22)19(28-13-27-18)29-12-4-5-16(29)14-6-8-15(9-7-14)21(23,24)25/h6-9,16-19,26-28H,4-5,10-13H2,1-3H3. The molecular formula is C21H32F4N4. The van der Waals surface area contributed by atoms with Crippen LogP contribution in [0.3, 0.4) is 0 Å². The van der Waals surface area contributed by atoms with Crippen LogP contribution in [0.2, 0.25) is 0 Å². The highest BCUT2D eigenvalue weighted by Crippen LogP contribution is 2.36. The van der Waals surface area contributed by atoms with Gasteiger partial charge in [-0.3, -0.25) is 20.9 Å². The highest BCUT2D eigenvalue weighted by molar-refractivity contribution is 5.27. The minimum Gasteiger partial charge on any atom is -0.299 e. The van der Waals surface area contributed by atoms with Crippen LogP contribution >= 0.6 is 0 Å². The van der Waals surface area contributed by atoms with Gasteiger partial charge in [0.05, 0.1) is 17.9 Å². The average molecular weight is 417 g/mol. The Morgan fingerprint density at radius 1 is 1.10 bits per heavy atom. The van der Waals surface area contributed by atoms with Crippen molar-refractivity contribution in [1.29, 1.82) is 0 Å². The van der Waals surface area contributed by atoms with Crippen LogP contribution < -0.4 is 16.0 Å². The SMILES string of the molecule is CC(C)(C)CCNC1NCNC(N2CCCC2c2ccc(C(F)(F)F)cc2)C1F. The quantitative estimate of drug-likeness (QED) is 0.635. The van der Waals surface area contributed by atoms with Gasteiger partial charge in [-0.25, -0.2) is 4.39 Å². The summed E-state index contributed by atoms with van der Waals surface area (Å²) >= 11 is 0. The minimum atomic E-state index is -4.35. The van der Waals surface area contributed by atoms with Crippen LogP contribution in [0.4, 0.5) is 17.6 Å². The lowest BCUT2D eigenvalue weighted by atomic mass is 9.92. The molecule has 1 aromatic carbocycles. The maximum absolute atomic E-state index is 15.3. The molecule has 0 bridgehead atoms. The Kier molecular flexibility index (Phi) is 6.88. The molecule has 2 fully saturated rings. The normalized spacial score (nSPS) is 29.3. The first-order valence-corrected chi connectivity index (χ1v) is 10.3. The van der Waals surface area contributed by atoms with Crippen LogP contribution in [-0.2, 0) is 6.18 Å². The summed E-state index contributed by atoms with van der Waals surface area (Å²) in [5.74, 6) is 0. The van der Waals surface area contributed by atoms with Gasteiger partial charge in [0.25, 0.3) is 0 Å². The molecule has 2 aliphatic rings. The molecule has 0 saturated carbocycles. The van der Waals surface area contributed by atoms with E-state index in [-0.39, 0.29) is 11.5 Å². The number of hydrogen-bond donors (Lipinski definition) is 3. The van der Waals surface area contributed by atoms with Crippen molar-refractivity contribution in [1.82, 2.24) is 20.9 Å². The zero-order valence-corrected chi connectivity index (χ0v) is 17.3. The van der Waals surface area contributed by atoms with Gasteiger partial charge in [0.15, 0.2) is 6.17 Å². The number of likely N-dealkylation sites (tertiary alicyclic amines) is 1. The molecule has 2 aliphatic heterocycles. The van der Waals surface area contributed by atoms with Crippen molar-refractivity contribution < 1.29 is 17.6 Å². The molecule has 2 saturated heterocycles. The molecule has 8 heteroatoms. The lowest BCUT2D eigenvalue weighted by Crippen LogP contribution is -2.68. The number of rotatable bonds is 5. The largest absolute Gasteiger partial charge is 0.416 e. The number of benzene rings is 1. The molecule has 0 radical (unpaired) electrons. The Morgan fingerprint density at radius 2 is 1.79 bits per heavy atom. The summed E-state index contributed by atoms with van der Waals surface area (Å²) in [6.45, 7) is 8.38. The molecule has 3 rings (SSSR count). The molecule has 0 aromatic heterocycles. The smallest absolute Gasteiger partial charge is 0.299 e. The lowest BCUT2D eigenvalue weighted by molar-refractivity contribution is -0.137. The van der Waals surface area contributed by atoms with Crippen molar-refractivity contribution in [2.75, 3.05) is 19.8 Å². The molecule has 4 atom stereocenters. The van der Waals surface area contributed by atoms with Gasteiger partial charge < -0.3 is 0 Å². The van der Waals surface area contributed by atoms with E-state index in [4.69, 9.17) is 0 Å². The van der Waals surface area contributed by atoms with Gasteiger partial charge in [0.1, 0.15) is 0 Å². The van der Waals surface area contributed by atoms with Crippen molar-refractivity contribution in [2.45, 2.75) is 70.8 Å². The fourth-order valence-electron chi connectivity index (χ4n) is 4.14. The monoisotopic (exact) mass is 416 g/mol. The fraction of sp³-hybridized carbons (Fsp3) is 0.714. The molecule has 2 heterocycles. The van der Waals surface area contributed by atoms with Gasteiger partial charge in [0, 0.05) is 19.3 Å². The van der Waals surface area contributed by atoms with E-state index in [0.29, 0.717) is 6.67 Å². The van der Waals surface area contributed by atoms with Crippen LogP contribution in [0, 0.1) is 5.41 Å². The summed E-state index contributed by atoms with van der Waals surface area (Å²) in [7, 11) is 0. The number of nitrogens with zero attached hydrogens (tertiary/aromatic N) is 1. The summed E-state index contributed by atoms with van der Waals surface area (Å²) in [6, 6.07) is 5.20. The Labute approximate surface area is 170 Å². The van der Waals surface area contributed by atoms with Gasteiger partial charge in [-0.15, -0.1) is 0 Å². The van der Waals surface area contributed by atoms with E-state index in [2.05, 4.69) is 41.6 Å². The molecule has 3 N–H and O–H groups in total. The van der Waals surface area contributed by atoms with Gasteiger partial charge in [-0.1, -0.05) is 32.9 Å². The highest BCUT2D eigenvalue weighted by Gasteiger charge is 2.41. The second-order valence-corrected chi connectivity index (χ2v) is 9.23. The number of nitrogens with one attached hydrogen (secondary N) is 3. The summed E-state index contributed by atoms with van der Waals surface area (Å²) < 4.78 is 53.9. The lowest BCUT2D eigenvalue weighted by Gasteiger charge is -2.42. The van der Waals surface area contributed by atoms with Crippen LogP contribution in [-0.4, -0.2) is 43.2 Å². The second-order valence-electron chi connectivity index (χ2n) is 9.23. The van der Waals surface area contributed by atoms with E-state index >= 15 is 4.39 Å². The maximum atomic E-state index is 15.3. The van der Waals surface area contributed by atoms with E-state index in [9.17, 15) is 13.2 Å². The first-order chi connectivity index (χ1) is 13.6. The zero-order chi connectivity index (χ0) is 21.2. The average Bonchev–Trinajstić information content (AvgIpc) is 3.11. The molecule has 1 aromatic rings. The van der Waals surface area contributed by atoms with E-state index in [0.717, 1.165) is 50.0 Å². The Hall–Kier alpha value is -1.22. The van der Waals surface area contributed by atoms with Crippen LogP contribution in [0.5, 0.6) is 0 Å². The summed E-state index contributed by atoms with van der Waals surface area (Å²) in [4.78, 5) is 2.06. The number of alkyl halides is 4. The fourth-order valence-corrected chi connectivity index (χ4v) is 4.14. The Bertz CT molecular complexity index is 656. The third-order valence-corrected chi connectivity index (χ3v) is 5.77. The van der Waals surface area contributed by atoms with Crippen molar-refractivity contribution in [3.63, 3.8) is 0 Å². The van der Waals surface area contributed by atoms with Gasteiger partial charge in [0.2, 0.25) is 0 Å².